The van der Waals surface area contributed by atoms with Crippen molar-refractivity contribution in [3.05, 3.63) is 54.1 Å². The van der Waals surface area contributed by atoms with E-state index >= 15 is 0 Å². The zero-order chi connectivity index (χ0) is 12.1. The van der Waals surface area contributed by atoms with Crippen molar-refractivity contribution in [3.63, 3.8) is 0 Å². The second kappa shape index (κ2) is 5.55. The Bertz CT molecular complexity index is 523. The number of hydrogen-bond donors (Lipinski definition) is 0. The minimum absolute atomic E-state index is 0.692. The van der Waals surface area contributed by atoms with Crippen molar-refractivity contribution in [1.82, 2.24) is 0 Å². The summed E-state index contributed by atoms with van der Waals surface area (Å²) in [7, 11) is 1.65. The molecule has 0 fully saturated rings. The van der Waals surface area contributed by atoms with Crippen molar-refractivity contribution in [3.8, 4) is 5.75 Å². The lowest BCUT2D eigenvalue weighted by atomic mass is 10.2. The highest BCUT2D eigenvalue weighted by Crippen LogP contribution is 2.30. The van der Waals surface area contributed by atoms with Crippen LogP contribution in [0.15, 0.2) is 58.3 Å². The summed E-state index contributed by atoms with van der Waals surface area (Å²) >= 11 is 1.61. The Labute approximate surface area is 105 Å². The minimum Gasteiger partial charge on any atom is -0.497 e. The Morgan fingerprint density at radius 3 is 2.47 bits per heavy atom. The standard InChI is InChI=1S/C14H12O2S/c1-16-12-5-3-7-14(9-12)17-13-6-2-4-11(8-13)10-15/h2-10H,1H3. The summed E-state index contributed by atoms with van der Waals surface area (Å²) in [5.41, 5.74) is 0.692. The van der Waals surface area contributed by atoms with Gasteiger partial charge in [-0.25, -0.2) is 0 Å². The predicted octanol–water partition coefficient (Wildman–Crippen LogP) is 3.66. The first-order valence-electron chi connectivity index (χ1n) is 5.19. The average molecular weight is 244 g/mol. The van der Waals surface area contributed by atoms with Gasteiger partial charge in [0.25, 0.3) is 0 Å². The van der Waals surface area contributed by atoms with Crippen LogP contribution in [0, 0.1) is 0 Å². The quantitative estimate of drug-likeness (QED) is 0.768. The van der Waals surface area contributed by atoms with Crippen molar-refractivity contribution >= 4 is 18.0 Å². The molecule has 0 saturated carbocycles. The minimum atomic E-state index is 0.692. The van der Waals surface area contributed by atoms with E-state index in [9.17, 15) is 4.79 Å². The van der Waals surface area contributed by atoms with Crippen LogP contribution in [0.25, 0.3) is 0 Å². The average Bonchev–Trinajstić information content (AvgIpc) is 2.39. The van der Waals surface area contributed by atoms with Gasteiger partial charge in [-0.3, -0.25) is 4.79 Å². The molecule has 2 nitrogen and oxygen atoms in total. The Hall–Kier alpha value is -1.74. The molecule has 0 spiro atoms. The summed E-state index contributed by atoms with van der Waals surface area (Å²) in [6, 6.07) is 15.4. The van der Waals surface area contributed by atoms with Crippen LogP contribution in [0.1, 0.15) is 10.4 Å². The molecule has 0 heterocycles. The second-order valence-corrected chi connectivity index (χ2v) is 4.62. The van der Waals surface area contributed by atoms with E-state index in [-0.39, 0.29) is 0 Å². The first-order chi connectivity index (χ1) is 8.31. The third-order valence-electron chi connectivity index (χ3n) is 2.27. The Kier molecular flexibility index (Phi) is 3.83. The lowest BCUT2D eigenvalue weighted by Crippen LogP contribution is -1.83. The summed E-state index contributed by atoms with van der Waals surface area (Å²) < 4.78 is 5.17. The number of carbonyl (C=O) groups is 1. The summed E-state index contributed by atoms with van der Waals surface area (Å²) in [5.74, 6) is 0.835. The van der Waals surface area contributed by atoms with Gasteiger partial charge >= 0.3 is 0 Å². The highest BCUT2D eigenvalue weighted by atomic mass is 32.2. The molecule has 0 aliphatic heterocycles. The number of aldehydes is 1. The summed E-state index contributed by atoms with van der Waals surface area (Å²) in [5, 5.41) is 0. The first kappa shape index (κ1) is 11.7. The van der Waals surface area contributed by atoms with Gasteiger partial charge in [0.1, 0.15) is 12.0 Å². The van der Waals surface area contributed by atoms with E-state index in [1.54, 1.807) is 24.9 Å². The number of ether oxygens (including phenoxy) is 1. The lowest BCUT2D eigenvalue weighted by molar-refractivity contribution is 0.112. The van der Waals surface area contributed by atoms with E-state index in [4.69, 9.17) is 4.74 Å². The molecule has 0 amide bonds. The molecule has 0 aliphatic carbocycles. The molecule has 2 aromatic carbocycles. The second-order valence-electron chi connectivity index (χ2n) is 3.47. The van der Waals surface area contributed by atoms with E-state index in [1.807, 2.05) is 42.5 Å². The summed E-state index contributed by atoms with van der Waals surface area (Å²) in [6.45, 7) is 0. The highest BCUT2D eigenvalue weighted by molar-refractivity contribution is 7.99. The number of benzene rings is 2. The third kappa shape index (κ3) is 3.11. The van der Waals surface area contributed by atoms with Crippen LogP contribution in [0.4, 0.5) is 0 Å². The van der Waals surface area contributed by atoms with Crippen LogP contribution in [0.3, 0.4) is 0 Å². The summed E-state index contributed by atoms with van der Waals surface area (Å²) in [4.78, 5) is 12.8. The van der Waals surface area contributed by atoms with Crippen LogP contribution in [0.2, 0.25) is 0 Å². The molecule has 3 heteroatoms. The number of methoxy groups -OCH3 is 1. The van der Waals surface area contributed by atoms with Crippen molar-refractivity contribution in [1.29, 1.82) is 0 Å². The van der Waals surface area contributed by atoms with E-state index in [0.29, 0.717) is 5.56 Å². The van der Waals surface area contributed by atoms with Gasteiger partial charge in [0.15, 0.2) is 0 Å². The zero-order valence-electron chi connectivity index (χ0n) is 9.42. The van der Waals surface area contributed by atoms with Crippen molar-refractivity contribution in [2.75, 3.05) is 7.11 Å². The molecule has 0 aromatic heterocycles. The fraction of sp³-hybridized carbons (Fsp3) is 0.0714. The Morgan fingerprint density at radius 1 is 1.06 bits per heavy atom. The molecule has 0 atom stereocenters. The van der Waals surface area contributed by atoms with Gasteiger partial charge in [-0.05, 0) is 30.3 Å². The largest absolute Gasteiger partial charge is 0.497 e. The zero-order valence-corrected chi connectivity index (χ0v) is 10.2. The topological polar surface area (TPSA) is 26.3 Å². The van der Waals surface area contributed by atoms with E-state index in [0.717, 1.165) is 21.8 Å². The van der Waals surface area contributed by atoms with E-state index in [2.05, 4.69) is 0 Å². The molecule has 17 heavy (non-hydrogen) atoms. The van der Waals surface area contributed by atoms with E-state index < -0.39 is 0 Å². The van der Waals surface area contributed by atoms with Gasteiger partial charge in [0, 0.05) is 15.4 Å². The SMILES string of the molecule is COc1cccc(Sc2cccc(C=O)c2)c1. The molecule has 86 valence electrons. The highest BCUT2D eigenvalue weighted by Gasteiger charge is 2.00. The molecule has 0 radical (unpaired) electrons. The number of carbonyl (C=O) groups excluding carboxylic acids is 1. The number of hydrogen-bond acceptors (Lipinski definition) is 3. The van der Waals surface area contributed by atoms with Crippen molar-refractivity contribution in [2.24, 2.45) is 0 Å². The van der Waals surface area contributed by atoms with Gasteiger partial charge in [0.05, 0.1) is 7.11 Å². The van der Waals surface area contributed by atoms with Gasteiger partial charge in [-0.15, -0.1) is 0 Å². The van der Waals surface area contributed by atoms with Crippen molar-refractivity contribution < 1.29 is 9.53 Å². The molecule has 0 bridgehead atoms. The lowest BCUT2D eigenvalue weighted by Gasteiger charge is -2.04. The molecular formula is C14H12O2S. The summed E-state index contributed by atoms with van der Waals surface area (Å²) in [6.07, 6.45) is 0.857. The maximum Gasteiger partial charge on any atom is 0.150 e. The number of rotatable bonds is 4. The van der Waals surface area contributed by atoms with Crippen LogP contribution in [0.5, 0.6) is 5.75 Å². The predicted molar refractivity (Wildman–Crippen MR) is 68.9 cm³/mol. The fourth-order valence-electron chi connectivity index (χ4n) is 1.45. The molecule has 2 aromatic rings. The van der Waals surface area contributed by atoms with Crippen LogP contribution in [-0.2, 0) is 0 Å². The molecule has 0 saturated heterocycles. The molecular weight excluding hydrogens is 232 g/mol. The molecule has 2 rings (SSSR count). The van der Waals surface area contributed by atoms with Crippen LogP contribution in [-0.4, -0.2) is 13.4 Å². The van der Waals surface area contributed by atoms with Crippen LogP contribution < -0.4 is 4.74 Å². The van der Waals surface area contributed by atoms with Crippen LogP contribution >= 0.6 is 11.8 Å². The van der Waals surface area contributed by atoms with Gasteiger partial charge in [0.2, 0.25) is 0 Å². The monoisotopic (exact) mass is 244 g/mol. The third-order valence-corrected chi connectivity index (χ3v) is 3.25. The Balaban J connectivity index is 2.21. The normalized spacial score (nSPS) is 9.94. The molecule has 0 aliphatic rings. The molecule has 0 unspecified atom stereocenters. The fourth-order valence-corrected chi connectivity index (χ4v) is 2.39. The first-order valence-corrected chi connectivity index (χ1v) is 6.00. The Morgan fingerprint density at radius 2 is 1.76 bits per heavy atom. The van der Waals surface area contributed by atoms with Crippen molar-refractivity contribution in [2.45, 2.75) is 9.79 Å². The van der Waals surface area contributed by atoms with E-state index in [1.165, 1.54) is 0 Å². The smallest absolute Gasteiger partial charge is 0.150 e. The molecule has 0 N–H and O–H groups in total. The van der Waals surface area contributed by atoms with Gasteiger partial charge < -0.3 is 4.74 Å². The van der Waals surface area contributed by atoms with Gasteiger partial charge in [-0.1, -0.05) is 30.0 Å². The maximum atomic E-state index is 10.7. The maximum absolute atomic E-state index is 10.7. The van der Waals surface area contributed by atoms with Gasteiger partial charge in [-0.2, -0.15) is 0 Å².